The number of halogens is 1. The third-order valence-corrected chi connectivity index (χ3v) is 4.02. The molecule has 1 fully saturated rings. The van der Waals surface area contributed by atoms with Crippen molar-refractivity contribution >= 4 is 21.8 Å². The Kier molecular flexibility index (Phi) is 5.43. The number of rotatable bonds is 4. The number of ether oxygens (including phenoxy) is 1. The molecule has 0 aliphatic carbocycles. The Morgan fingerprint density at radius 1 is 1.55 bits per heavy atom. The van der Waals surface area contributed by atoms with Gasteiger partial charge in [-0.3, -0.25) is 4.79 Å². The van der Waals surface area contributed by atoms with E-state index in [4.69, 9.17) is 4.74 Å². The Morgan fingerprint density at radius 3 is 3.00 bits per heavy atom. The molecule has 4 nitrogen and oxygen atoms in total. The molecule has 1 aliphatic heterocycles. The van der Waals surface area contributed by atoms with Crippen molar-refractivity contribution < 1.29 is 9.53 Å². The minimum atomic E-state index is -0.504. The summed E-state index contributed by atoms with van der Waals surface area (Å²) in [7, 11) is 0. The van der Waals surface area contributed by atoms with E-state index in [0.29, 0.717) is 5.75 Å². The first kappa shape index (κ1) is 15.3. The maximum absolute atomic E-state index is 12.1. The van der Waals surface area contributed by atoms with E-state index in [0.717, 1.165) is 36.0 Å². The summed E-state index contributed by atoms with van der Waals surface area (Å²) < 4.78 is 6.60. The molecule has 2 unspecified atom stereocenters. The molecule has 0 radical (unpaired) electrons. The average molecular weight is 341 g/mol. The zero-order chi connectivity index (χ0) is 14.5. The van der Waals surface area contributed by atoms with Crippen molar-refractivity contribution in [3.8, 4) is 5.75 Å². The summed E-state index contributed by atoms with van der Waals surface area (Å²) >= 11 is 3.46. The zero-order valence-electron chi connectivity index (χ0n) is 11.9. The highest BCUT2D eigenvalue weighted by atomic mass is 79.9. The van der Waals surface area contributed by atoms with Gasteiger partial charge >= 0.3 is 0 Å². The van der Waals surface area contributed by atoms with Crippen LogP contribution in [0.15, 0.2) is 22.7 Å². The molecular weight excluding hydrogens is 320 g/mol. The molecule has 110 valence electrons. The molecule has 1 saturated heterocycles. The molecule has 0 saturated carbocycles. The van der Waals surface area contributed by atoms with Gasteiger partial charge in [-0.05, 0) is 66.9 Å². The standard InChI is InChI=1S/C15H21BrN2O2/c1-10-5-6-14(13(16)8-10)20-11(2)15(19)18-12-4-3-7-17-9-12/h5-6,8,11-12,17H,3-4,7,9H2,1-2H3,(H,18,19). The Hall–Kier alpha value is -1.07. The molecule has 5 heteroatoms. The van der Waals surface area contributed by atoms with Crippen LogP contribution in [0.25, 0.3) is 0 Å². The molecule has 20 heavy (non-hydrogen) atoms. The third-order valence-electron chi connectivity index (χ3n) is 3.40. The van der Waals surface area contributed by atoms with Gasteiger partial charge < -0.3 is 15.4 Å². The maximum atomic E-state index is 12.1. The van der Waals surface area contributed by atoms with Gasteiger partial charge in [0.1, 0.15) is 5.75 Å². The van der Waals surface area contributed by atoms with E-state index >= 15 is 0 Å². The monoisotopic (exact) mass is 340 g/mol. The highest BCUT2D eigenvalue weighted by molar-refractivity contribution is 9.10. The number of hydrogen-bond donors (Lipinski definition) is 2. The van der Waals surface area contributed by atoms with Gasteiger partial charge in [-0.1, -0.05) is 6.07 Å². The fourth-order valence-electron chi connectivity index (χ4n) is 2.24. The summed E-state index contributed by atoms with van der Waals surface area (Å²) in [5.74, 6) is 0.631. The molecule has 0 spiro atoms. The van der Waals surface area contributed by atoms with Crippen LogP contribution in [0.3, 0.4) is 0 Å². The van der Waals surface area contributed by atoms with E-state index < -0.39 is 6.10 Å². The lowest BCUT2D eigenvalue weighted by Gasteiger charge is -2.25. The second-order valence-corrected chi connectivity index (χ2v) is 6.10. The first-order valence-electron chi connectivity index (χ1n) is 7.00. The van der Waals surface area contributed by atoms with Crippen molar-refractivity contribution in [2.45, 2.75) is 38.8 Å². The first-order chi connectivity index (χ1) is 9.56. The van der Waals surface area contributed by atoms with Gasteiger partial charge in [0.15, 0.2) is 6.10 Å². The molecule has 1 amide bonds. The van der Waals surface area contributed by atoms with Crippen molar-refractivity contribution in [3.05, 3.63) is 28.2 Å². The van der Waals surface area contributed by atoms with Crippen LogP contribution in [0, 0.1) is 6.92 Å². The van der Waals surface area contributed by atoms with Gasteiger partial charge in [0.25, 0.3) is 5.91 Å². The van der Waals surface area contributed by atoms with Crippen LogP contribution in [0.2, 0.25) is 0 Å². The Balaban J connectivity index is 1.89. The fourth-order valence-corrected chi connectivity index (χ4v) is 2.83. The lowest BCUT2D eigenvalue weighted by atomic mass is 10.1. The van der Waals surface area contributed by atoms with Gasteiger partial charge in [0.05, 0.1) is 4.47 Å². The SMILES string of the molecule is Cc1ccc(OC(C)C(=O)NC2CCCNC2)c(Br)c1. The minimum Gasteiger partial charge on any atom is -0.480 e. The predicted molar refractivity (Wildman–Crippen MR) is 83.0 cm³/mol. The van der Waals surface area contributed by atoms with Crippen LogP contribution >= 0.6 is 15.9 Å². The van der Waals surface area contributed by atoms with Crippen molar-refractivity contribution in [2.24, 2.45) is 0 Å². The van der Waals surface area contributed by atoms with Crippen molar-refractivity contribution in [3.63, 3.8) is 0 Å². The van der Waals surface area contributed by atoms with Crippen LogP contribution in [0.5, 0.6) is 5.75 Å². The van der Waals surface area contributed by atoms with Crippen LogP contribution in [-0.2, 0) is 4.79 Å². The lowest BCUT2D eigenvalue weighted by Crippen LogP contribution is -2.49. The van der Waals surface area contributed by atoms with Gasteiger partial charge in [-0.15, -0.1) is 0 Å². The van der Waals surface area contributed by atoms with E-state index in [2.05, 4.69) is 26.6 Å². The number of carbonyl (C=O) groups is 1. The first-order valence-corrected chi connectivity index (χ1v) is 7.79. The van der Waals surface area contributed by atoms with Crippen molar-refractivity contribution in [1.82, 2.24) is 10.6 Å². The molecule has 2 atom stereocenters. The Bertz CT molecular complexity index is 473. The minimum absolute atomic E-state index is 0.0637. The smallest absolute Gasteiger partial charge is 0.261 e. The molecule has 1 aliphatic rings. The van der Waals surface area contributed by atoms with E-state index in [-0.39, 0.29) is 11.9 Å². The summed E-state index contributed by atoms with van der Waals surface area (Å²) in [5.41, 5.74) is 1.15. The number of aryl methyl sites for hydroxylation is 1. The largest absolute Gasteiger partial charge is 0.480 e. The summed E-state index contributed by atoms with van der Waals surface area (Å²) in [6.07, 6.45) is 1.62. The summed E-state index contributed by atoms with van der Waals surface area (Å²) in [5, 5.41) is 6.31. The number of nitrogens with one attached hydrogen (secondary N) is 2. The number of hydrogen-bond acceptors (Lipinski definition) is 3. The topological polar surface area (TPSA) is 50.4 Å². The van der Waals surface area contributed by atoms with Crippen LogP contribution in [0.1, 0.15) is 25.3 Å². The normalized spacial score (nSPS) is 20.2. The molecule has 0 bridgehead atoms. The zero-order valence-corrected chi connectivity index (χ0v) is 13.5. The summed E-state index contributed by atoms with van der Waals surface area (Å²) in [4.78, 5) is 12.1. The van der Waals surface area contributed by atoms with E-state index in [1.807, 2.05) is 25.1 Å². The second kappa shape index (κ2) is 7.09. The van der Waals surface area contributed by atoms with Gasteiger partial charge in [-0.2, -0.15) is 0 Å². The molecule has 0 aromatic heterocycles. The van der Waals surface area contributed by atoms with Crippen LogP contribution in [-0.4, -0.2) is 31.1 Å². The van der Waals surface area contributed by atoms with Gasteiger partial charge in [0, 0.05) is 12.6 Å². The van der Waals surface area contributed by atoms with Crippen LogP contribution < -0.4 is 15.4 Å². The Morgan fingerprint density at radius 2 is 2.35 bits per heavy atom. The molecular formula is C15H21BrN2O2. The third kappa shape index (κ3) is 4.21. The number of piperidine rings is 1. The molecule has 1 aromatic carbocycles. The summed E-state index contributed by atoms with van der Waals surface area (Å²) in [6, 6.07) is 6.04. The van der Waals surface area contributed by atoms with Gasteiger partial charge in [0.2, 0.25) is 0 Å². The fraction of sp³-hybridized carbons (Fsp3) is 0.533. The number of carbonyl (C=O) groups excluding carboxylic acids is 1. The maximum Gasteiger partial charge on any atom is 0.261 e. The van der Waals surface area contributed by atoms with Crippen molar-refractivity contribution in [2.75, 3.05) is 13.1 Å². The second-order valence-electron chi connectivity index (χ2n) is 5.25. The molecule has 2 N–H and O–H groups in total. The Labute approximate surface area is 128 Å². The van der Waals surface area contributed by atoms with E-state index in [1.165, 1.54) is 0 Å². The van der Waals surface area contributed by atoms with Crippen molar-refractivity contribution in [1.29, 1.82) is 0 Å². The highest BCUT2D eigenvalue weighted by Crippen LogP contribution is 2.26. The molecule has 1 aromatic rings. The van der Waals surface area contributed by atoms with Gasteiger partial charge in [-0.25, -0.2) is 0 Å². The average Bonchev–Trinajstić information content (AvgIpc) is 2.43. The molecule has 1 heterocycles. The van der Waals surface area contributed by atoms with E-state index in [9.17, 15) is 4.79 Å². The lowest BCUT2D eigenvalue weighted by molar-refractivity contribution is -0.128. The molecule has 2 rings (SSSR count). The van der Waals surface area contributed by atoms with Crippen LogP contribution in [0.4, 0.5) is 0 Å². The summed E-state index contributed by atoms with van der Waals surface area (Å²) in [6.45, 7) is 5.67. The number of amides is 1. The number of benzene rings is 1. The van der Waals surface area contributed by atoms with E-state index in [1.54, 1.807) is 6.92 Å². The quantitative estimate of drug-likeness (QED) is 0.884. The predicted octanol–water partition coefficient (Wildman–Crippen LogP) is 2.39. The highest BCUT2D eigenvalue weighted by Gasteiger charge is 2.21.